The van der Waals surface area contributed by atoms with Crippen LogP contribution < -0.4 is 5.32 Å². The maximum Gasteiger partial charge on any atom is 0.150 e. The molecule has 1 aromatic carbocycles. The minimum atomic E-state index is -2.86. The van der Waals surface area contributed by atoms with Gasteiger partial charge in [0.1, 0.15) is 9.84 Å². The molecule has 2 rings (SSSR count). The Kier molecular flexibility index (Phi) is 5.41. The van der Waals surface area contributed by atoms with Crippen molar-refractivity contribution in [2.75, 3.05) is 37.7 Å². The fourth-order valence-corrected chi connectivity index (χ4v) is 3.82. The van der Waals surface area contributed by atoms with Crippen LogP contribution in [0.15, 0.2) is 30.3 Å². The number of hydrogen-bond donors (Lipinski definition) is 1. The van der Waals surface area contributed by atoms with Crippen molar-refractivity contribution in [3.63, 3.8) is 0 Å². The molecule has 21 heavy (non-hydrogen) atoms. The molecule has 1 aromatic rings. The number of nitrogens with one attached hydrogen (secondary N) is 1. The Balaban J connectivity index is 2.06. The predicted octanol–water partition coefficient (Wildman–Crippen LogP) is 1.63. The third kappa shape index (κ3) is 4.05. The largest absolute Gasteiger partial charge is 0.313 e. The molecular weight excluding hydrogens is 284 g/mol. The minimum Gasteiger partial charge on any atom is -0.313 e. The molecule has 1 aliphatic rings. The number of rotatable bonds is 6. The average molecular weight is 310 g/mol. The molecule has 0 bridgehead atoms. The summed E-state index contributed by atoms with van der Waals surface area (Å²) in [5, 5.41) is 3.46. The third-order valence-electron chi connectivity index (χ3n) is 4.44. The van der Waals surface area contributed by atoms with Gasteiger partial charge in [0.2, 0.25) is 0 Å². The second-order valence-corrected chi connectivity index (χ2v) is 8.37. The first kappa shape index (κ1) is 16.5. The fraction of sp³-hybridized carbons (Fsp3) is 0.625. The van der Waals surface area contributed by atoms with Crippen molar-refractivity contribution in [2.45, 2.75) is 25.8 Å². The van der Waals surface area contributed by atoms with Gasteiger partial charge in [-0.1, -0.05) is 37.3 Å². The van der Waals surface area contributed by atoms with Crippen LogP contribution in [0.3, 0.4) is 0 Å². The van der Waals surface area contributed by atoms with Gasteiger partial charge in [-0.3, -0.25) is 4.90 Å². The van der Waals surface area contributed by atoms with E-state index in [-0.39, 0.29) is 17.0 Å². The highest BCUT2D eigenvalue weighted by molar-refractivity contribution is 7.91. The Morgan fingerprint density at radius 3 is 2.67 bits per heavy atom. The molecule has 4 nitrogen and oxygen atoms in total. The first-order chi connectivity index (χ1) is 9.98. The Labute approximate surface area is 128 Å². The van der Waals surface area contributed by atoms with Gasteiger partial charge in [0, 0.05) is 31.9 Å². The lowest BCUT2D eigenvalue weighted by Crippen LogP contribution is -2.57. The van der Waals surface area contributed by atoms with E-state index in [1.807, 2.05) is 6.07 Å². The summed E-state index contributed by atoms with van der Waals surface area (Å²) in [4.78, 5) is 2.42. The van der Waals surface area contributed by atoms with Crippen molar-refractivity contribution in [2.24, 2.45) is 0 Å². The average Bonchev–Trinajstić information content (AvgIpc) is 2.50. The molecule has 0 amide bonds. The molecule has 118 valence electrons. The molecule has 0 spiro atoms. The van der Waals surface area contributed by atoms with Crippen LogP contribution in [0.4, 0.5) is 0 Å². The van der Waals surface area contributed by atoms with Crippen LogP contribution >= 0.6 is 0 Å². The Bertz CT molecular complexity index is 545. The molecule has 1 atom stereocenters. The molecule has 0 radical (unpaired) electrons. The molecule has 0 saturated carbocycles. The summed E-state index contributed by atoms with van der Waals surface area (Å²) in [5.41, 5.74) is 1.23. The van der Waals surface area contributed by atoms with E-state index < -0.39 is 9.84 Å². The van der Waals surface area contributed by atoms with Crippen molar-refractivity contribution in [3.8, 4) is 0 Å². The first-order valence-corrected chi connectivity index (χ1v) is 9.52. The second-order valence-electron chi connectivity index (χ2n) is 5.89. The molecule has 1 saturated heterocycles. The van der Waals surface area contributed by atoms with E-state index in [9.17, 15) is 8.42 Å². The van der Waals surface area contributed by atoms with Crippen molar-refractivity contribution >= 4 is 9.84 Å². The topological polar surface area (TPSA) is 49.4 Å². The zero-order valence-corrected chi connectivity index (χ0v) is 13.8. The van der Waals surface area contributed by atoms with Crippen LogP contribution in [0, 0.1) is 0 Å². The highest BCUT2D eigenvalue weighted by atomic mass is 32.2. The molecular formula is C16H26N2O2S. The van der Waals surface area contributed by atoms with Crippen molar-refractivity contribution in [1.82, 2.24) is 10.2 Å². The van der Waals surface area contributed by atoms with Crippen LogP contribution in [-0.2, 0) is 15.4 Å². The van der Waals surface area contributed by atoms with Gasteiger partial charge in [-0.15, -0.1) is 0 Å². The number of hydrogen-bond acceptors (Lipinski definition) is 4. The van der Waals surface area contributed by atoms with Gasteiger partial charge in [-0.2, -0.15) is 0 Å². The van der Waals surface area contributed by atoms with E-state index >= 15 is 0 Å². The van der Waals surface area contributed by atoms with Crippen LogP contribution in [-0.4, -0.2) is 51.0 Å². The highest BCUT2D eigenvalue weighted by Crippen LogP contribution is 2.29. The maximum atomic E-state index is 11.6. The van der Waals surface area contributed by atoms with Crippen LogP contribution in [0.1, 0.15) is 25.8 Å². The molecule has 0 aromatic heterocycles. The van der Waals surface area contributed by atoms with E-state index in [0.717, 1.165) is 26.2 Å². The minimum absolute atomic E-state index is 0.0600. The van der Waals surface area contributed by atoms with Gasteiger partial charge in [0.25, 0.3) is 0 Å². The van der Waals surface area contributed by atoms with E-state index in [1.54, 1.807) is 6.92 Å². The summed E-state index contributed by atoms with van der Waals surface area (Å²) in [6, 6.07) is 10.5. The van der Waals surface area contributed by atoms with Gasteiger partial charge in [-0.05, 0) is 18.9 Å². The molecule has 1 unspecified atom stereocenters. The van der Waals surface area contributed by atoms with Gasteiger partial charge in [0.15, 0.2) is 0 Å². The lowest BCUT2D eigenvalue weighted by atomic mass is 9.88. The van der Waals surface area contributed by atoms with Crippen LogP contribution in [0.25, 0.3) is 0 Å². The van der Waals surface area contributed by atoms with Gasteiger partial charge >= 0.3 is 0 Å². The Morgan fingerprint density at radius 1 is 1.29 bits per heavy atom. The Hall–Kier alpha value is -0.910. The smallest absolute Gasteiger partial charge is 0.150 e. The first-order valence-electron chi connectivity index (χ1n) is 7.70. The summed E-state index contributed by atoms with van der Waals surface area (Å²) in [7, 11) is -2.86. The van der Waals surface area contributed by atoms with E-state index in [1.165, 1.54) is 5.56 Å². The quantitative estimate of drug-likeness (QED) is 0.868. The van der Waals surface area contributed by atoms with Crippen molar-refractivity contribution in [3.05, 3.63) is 35.9 Å². The SMILES string of the molecule is CCS(=O)(=O)CCCN1CCNCC1(C)c1ccccc1. The summed E-state index contributed by atoms with van der Waals surface area (Å²) in [6.45, 7) is 7.60. The van der Waals surface area contributed by atoms with Gasteiger partial charge < -0.3 is 5.32 Å². The predicted molar refractivity (Wildman–Crippen MR) is 87.2 cm³/mol. The lowest BCUT2D eigenvalue weighted by Gasteiger charge is -2.45. The molecule has 1 N–H and O–H groups in total. The van der Waals surface area contributed by atoms with Gasteiger partial charge in [-0.25, -0.2) is 8.42 Å². The highest BCUT2D eigenvalue weighted by Gasteiger charge is 2.35. The van der Waals surface area contributed by atoms with Crippen LogP contribution in [0.5, 0.6) is 0 Å². The molecule has 1 heterocycles. The zero-order valence-electron chi connectivity index (χ0n) is 13.0. The number of nitrogens with zero attached hydrogens (tertiary/aromatic N) is 1. The zero-order chi connectivity index (χ0) is 15.3. The summed E-state index contributed by atoms with van der Waals surface area (Å²) in [5.74, 6) is 0.531. The van der Waals surface area contributed by atoms with Crippen LogP contribution in [0.2, 0.25) is 0 Å². The molecule has 1 fully saturated rings. The lowest BCUT2D eigenvalue weighted by molar-refractivity contribution is 0.0734. The van der Waals surface area contributed by atoms with E-state index in [4.69, 9.17) is 0 Å². The number of benzene rings is 1. The maximum absolute atomic E-state index is 11.6. The Morgan fingerprint density at radius 2 is 2.00 bits per heavy atom. The number of piperazine rings is 1. The van der Waals surface area contributed by atoms with E-state index in [2.05, 4.69) is 41.4 Å². The van der Waals surface area contributed by atoms with Crippen molar-refractivity contribution in [1.29, 1.82) is 0 Å². The normalized spacial score (nSPS) is 24.1. The standard InChI is InChI=1S/C16H26N2O2S/c1-3-21(19,20)13-7-11-18-12-10-17-14-16(18,2)15-8-5-4-6-9-15/h4-6,8-9,17H,3,7,10-14H2,1-2H3. The van der Waals surface area contributed by atoms with Crippen molar-refractivity contribution < 1.29 is 8.42 Å². The fourth-order valence-electron chi connectivity index (χ4n) is 2.96. The molecule has 1 aliphatic heterocycles. The summed E-state index contributed by atoms with van der Waals surface area (Å²) < 4.78 is 23.3. The van der Waals surface area contributed by atoms with Gasteiger partial charge in [0.05, 0.1) is 11.3 Å². The summed E-state index contributed by atoms with van der Waals surface area (Å²) >= 11 is 0. The second kappa shape index (κ2) is 6.90. The van der Waals surface area contributed by atoms with E-state index in [0.29, 0.717) is 6.42 Å². The number of sulfone groups is 1. The molecule has 5 heteroatoms. The third-order valence-corrected chi connectivity index (χ3v) is 6.23. The summed E-state index contributed by atoms with van der Waals surface area (Å²) in [6.07, 6.45) is 0.707. The monoisotopic (exact) mass is 310 g/mol. The molecule has 0 aliphatic carbocycles.